The minimum Gasteiger partial charge on any atom is -0.294 e. The van der Waals surface area contributed by atoms with Gasteiger partial charge in [0, 0.05) is 12.0 Å². The number of aryl methyl sites for hydroxylation is 1. The zero-order valence-electron chi connectivity index (χ0n) is 11.0. The average Bonchev–Trinajstić information content (AvgIpc) is 2.42. The summed E-state index contributed by atoms with van der Waals surface area (Å²) in [6.07, 6.45) is 2.45. The number of Topliss-reactive ketones (excluding diaryl/α,β-unsaturated/α-hetero) is 1. The fourth-order valence-electron chi connectivity index (χ4n) is 2.04. The second-order valence-corrected chi connectivity index (χ2v) is 4.67. The Bertz CT molecular complexity index is 540. The first-order valence-corrected chi connectivity index (χ1v) is 6.55. The molecular formula is C17H17FO. The van der Waals surface area contributed by atoms with Crippen LogP contribution in [0.15, 0.2) is 48.5 Å². The lowest BCUT2D eigenvalue weighted by Gasteiger charge is -2.03. The van der Waals surface area contributed by atoms with Gasteiger partial charge in [0.25, 0.3) is 0 Å². The van der Waals surface area contributed by atoms with E-state index < -0.39 is 0 Å². The first kappa shape index (κ1) is 13.5. The fourth-order valence-corrected chi connectivity index (χ4v) is 2.04. The molecule has 0 spiro atoms. The third-order valence-corrected chi connectivity index (χ3v) is 3.09. The van der Waals surface area contributed by atoms with Gasteiger partial charge in [-0.05, 0) is 29.7 Å². The molecule has 0 unspecified atom stereocenters. The van der Waals surface area contributed by atoms with Crippen LogP contribution in [-0.4, -0.2) is 5.78 Å². The van der Waals surface area contributed by atoms with E-state index in [0.717, 1.165) is 18.4 Å². The summed E-state index contributed by atoms with van der Waals surface area (Å²) in [5.74, 6) is -0.213. The van der Waals surface area contributed by atoms with Crippen molar-refractivity contribution in [1.29, 1.82) is 0 Å². The Balaban J connectivity index is 2.05. The van der Waals surface area contributed by atoms with E-state index in [2.05, 4.69) is 6.92 Å². The highest BCUT2D eigenvalue weighted by Gasteiger charge is 2.07. The molecule has 2 aromatic rings. The summed E-state index contributed by atoms with van der Waals surface area (Å²) >= 11 is 0. The van der Waals surface area contributed by atoms with Crippen LogP contribution in [0.3, 0.4) is 0 Å². The molecule has 0 aromatic heterocycles. The minimum atomic E-state index is -0.278. The number of halogens is 1. The van der Waals surface area contributed by atoms with Crippen molar-refractivity contribution < 1.29 is 9.18 Å². The zero-order valence-corrected chi connectivity index (χ0v) is 11.0. The predicted octanol–water partition coefficient (Wildman–Crippen LogP) is 4.20. The lowest BCUT2D eigenvalue weighted by Crippen LogP contribution is -2.03. The molecule has 0 fully saturated rings. The molecule has 0 radical (unpaired) electrons. The Morgan fingerprint density at radius 1 is 0.947 bits per heavy atom. The van der Waals surface area contributed by atoms with Gasteiger partial charge in [-0.25, -0.2) is 4.39 Å². The van der Waals surface area contributed by atoms with Gasteiger partial charge in [-0.15, -0.1) is 0 Å². The third kappa shape index (κ3) is 3.75. The first-order chi connectivity index (χ1) is 9.19. The Morgan fingerprint density at radius 2 is 1.53 bits per heavy atom. The Hall–Kier alpha value is -1.96. The van der Waals surface area contributed by atoms with Gasteiger partial charge >= 0.3 is 0 Å². The van der Waals surface area contributed by atoms with E-state index in [4.69, 9.17) is 0 Å². The molecule has 0 aliphatic heterocycles. The Morgan fingerprint density at radius 3 is 2.11 bits per heavy atom. The van der Waals surface area contributed by atoms with Crippen molar-refractivity contribution in [3.63, 3.8) is 0 Å². The van der Waals surface area contributed by atoms with E-state index >= 15 is 0 Å². The van der Waals surface area contributed by atoms with Gasteiger partial charge in [0.15, 0.2) is 5.78 Å². The van der Waals surface area contributed by atoms with Crippen molar-refractivity contribution in [1.82, 2.24) is 0 Å². The van der Waals surface area contributed by atoms with Crippen molar-refractivity contribution in [2.45, 2.75) is 26.2 Å². The Kier molecular flexibility index (Phi) is 4.45. The maximum atomic E-state index is 12.8. The molecular weight excluding hydrogens is 239 g/mol. The summed E-state index contributed by atoms with van der Waals surface area (Å²) in [7, 11) is 0. The molecule has 0 atom stereocenters. The van der Waals surface area contributed by atoms with Crippen molar-refractivity contribution >= 4 is 5.78 Å². The summed E-state index contributed by atoms with van der Waals surface area (Å²) in [6, 6.07) is 13.8. The Labute approximate surface area is 113 Å². The second-order valence-electron chi connectivity index (χ2n) is 4.67. The fraction of sp³-hybridized carbons (Fsp3) is 0.235. The molecule has 0 saturated carbocycles. The number of rotatable bonds is 5. The zero-order chi connectivity index (χ0) is 13.7. The number of ketones is 1. The highest BCUT2D eigenvalue weighted by atomic mass is 19.1. The van der Waals surface area contributed by atoms with E-state index in [0.29, 0.717) is 12.0 Å². The molecule has 0 aliphatic carbocycles. The average molecular weight is 256 g/mol. The van der Waals surface area contributed by atoms with E-state index in [9.17, 15) is 9.18 Å². The van der Waals surface area contributed by atoms with Gasteiger partial charge in [0.1, 0.15) is 5.82 Å². The monoisotopic (exact) mass is 256 g/mol. The largest absolute Gasteiger partial charge is 0.294 e. The highest BCUT2D eigenvalue weighted by molar-refractivity contribution is 5.97. The van der Waals surface area contributed by atoms with Gasteiger partial charge in [0.05, 0.1) is 0 Å². The van der Waals surface area contributed by atoms with Gasteiger partial charge < -0.3 is 0 Å². The summed E-state index contributed by atoms with van der Waals surface area (Å²) < 4.78 is 12.8. The quantitative estimate of drug-likeness (QED) is 0.733. The van der Waals surface area contributed by atoms with Crippen LogP contribution in [0.5, 0.6) is 0 Å². The number of hydrogen-bond donors (Lipinski definition) is 0. The molecule has 19 heavy (non-hydrogen) atoms. The molecule has 1 nitrogen and oxygen atoms in total. The van der Waals surface area contributed by atoms with Gasteiger partial charge in [-0.3, -0.25) is 4.79 Å². The molecule has 0 saturated heterocycles. The molecule has 2 rings (SSSR count). The van der Waals surface area contributed by atoms with Crippen molar-refractivity contribution in [2.24, 2.45) is 0 Å². The van der Waals surface area contributed by atoms with Crippen molar-refractivity contribution in [3.05, 3.63) is 71.0 Å². The van der Waals surface area contributed by atoms with Gasteiger partial charge in [0.2, 0.25) is 0 Å². The number of carbonyl (C=O) groups is 1. The van der Waals surface area contributed by atoms with Crippen molar-refractivity contribution in [3.8, 4) is 0 Å². The lowest BCUT2D eigenvalue weighted by molar-refractivity contribution is 0.0993. The summed E-state index contributed by atoms with van der Waals surface area (Å²) in [6.45, 7) is 2.13. The predicted molar refractivity (Wildman–Crippen MR) is 74.9 cm³/mol. The van der Waals surface area contributed by atoms with Crippen LogP contribution in [0.1, 0.15) is 34.8 Å². The van der Waals surface area contributed by atoms with Crippen LogP contribution in [0.25, 0.3) is 0 Å². The first-order valence-electron chi connectivity index (χ1n) is 6.55. The molecule has 98 valence electrons. The highest BCUT2D eigenvalue weighted by Crippen LogP contribution is 2.11. The SMILES string of the molecule is CCCc1ccc(C(=O)Cc2ccc(F)cc2)cc1. The normalized spacial score (nSPS) is 10.4. The number of hydrogen-bond acceptors (Lipinski definition) is 1. The molecule has 0 bridgehead atoms. The van der Waals surface area contributed by atoms with Crippen molar-refractivity contribution in [2.75, 3.05) is 0 Å². The van der Waals surface area contributed by atoms with E-state index in [1.165, 1.54) is 17.7 Å². The molecule has 0 heterocycles. The molecule has 2 heteroatoms. The molecule has 2 aromatic carbocycles. The standard InChI is InChI=1S/C17H17FO/c1-2-3-13-4-8-15(9-5-13)17(19)12-14-6-10-16(18)11-7-14/h4-11H,2-3,12H2,1H3. The van der Waals surface area contributed by atoms with Gasteiger partial charge in [-0.2, -0.15) is 0 Å². The molecule has 0 aliphatic rings. The van der Waals surface area contributed by atoms with Gasteiger partial charge in [-0.1, -0.05) is 49.7 Å². The third-order valence-electron chi connectivity index (χ3n) is 3.09. The second kappa shape index (κ2) is 6.28. The van der Waals surface area contributed by atoms with E-state index in [-0.39, 0.29) is 11.6 Å². The van der Waals surface area contributed by atoms with E-state index in [1.54, 1.807) is 12.1 Å². The lowest BCUT2D eigenvalue weighted by atomic mass is 10.0. The smallest absolute Gasteiger partial charge is 0.167 e. The topological polar surface area (TPSA) is 17.1 Å². The number of carbonyl (C=O) groups excluding carboxylic acids is 1. The van der Waals surface area contributed by atoms with Crippen LogP contribution in [0, 0.1) is 5.82 Å². The summed E-state index contributed by atoms with van der Waals surface area (Å²) in [5.41, 5.74) is 2.80. The van der Waals surface area contributed by atoms with Crippen LogP contribution >= 0.6 is 0 Å². The molecule has 0 amide bonds. The maximum absolute atomic E-state index is 12.8. The van der Waals surface area contributed by atoms with E-state index in [1.807, 2.05) is 24.3 Å². The van der Waals surface area contributed by atoms with Crippen LogP contribution in [-0.2, 0) is 12.8 Å². The summed E-state index contributed by atoms with van der Waals surface area (Å²) in [4.78, 5) is 12.1. The summed E-state index contributed by atoms with van der Waals surface area (Å²) in [5, 5.41) is 0. The van der Waals surface area contributed by atoms with Crippen LogP contribution < -0.4 is 0 Å². The van der Waals surface area contributed by atoms with Crippen LogP contribution in [0.4, 0.5) is 4.39 Å². The minimum absolute atomic E-state index is 0.0645. The maximum Gasteiger partial charge on any atom is 0.167 e. The number of benzene rings is 2. The molecule has 0 N–H and O–H groups in total. The van der Waals surface area contributed by atoms with Crippen LogP contribution in [0.2, 0.25) is 0 Å².